The Balaban J connectivity index is 1.91. The average Bonchev–Trinajstić information content (AvgIpc) is 2.81. The third kappa shape index (κ3) is 4.96. The smallest absolute Gasteiger partial charge is 0.410 e. The van der Waals surface area contributed by atoms with Gasteiger partial charge in [0.1, 0.15) is 5.60 Å². The van der Waals surface area contributed by atoms with Crippen LogP contribution in [0.5, 0.6) is 0 Å². The average molecular weight is 389 g/mol. The number of hydrogen-bond donors (Lipinski definition) is 1. The number of hydrogen-bond acceptors (Lipinski definition) is 4. The largest absolute Gasteiger partial charge is 0.444 e. The van der Waals surface area contributed by atoms with Gasteiger partial charge in [-0.25, -0.2) is 4.79 Å². The van der Waals surface area contributed by atoms with Gasteiger partial charge in [-0.1, -0.05) is 0 Å². The van der Waals surface area contributed by atoms with E-state index in [4.69, 9.17) is 4.74 Å². The number of rotatable bonds is 3. The predicted molar refractivity (Wildman–Crippen MR) is 94.3 cm³/mol. The number of halogens is 1. The molecule has 0 radical (unpaired) electrons. The molecule has 124 valence electrons. The Hall–Kier alpha value is -0.590. The summed E-state index contributed by atoms with van der Waals surface area (Å²) in [6, 6.07) is 2.59. The minimum Gasteiger partial charge on any atom is -0.444 e. The normalized spacial score (nSPS) is 22.7. The number of carbonyl (C=O) groups excluding carboxylic acids is 1. The molecule has 1 amide bonds. The van der Waals surface area contributed by atoms with Crippen molar-refractivity contribution in [1.29, 1.82) is 0 Å². The van der Waals surface area contributed by atoms with Crippen LogP contribution < -0.4 is 5.32 Å². The Labute approximate surface area is 145 Å². The lowest BCUT2D eigenvalue weighted by Gasteiger charge is -2.40. The first-order chi connectivity index (χ1) is 10.3. The number of likely N-dealkylation sites (tertiary alicyclic amines) is 1. The zero-order chi connectivity index (χ0) is 16.3. The van der Waals surface area contributed by atoms with Gasteiger partial charge in [0.05, 0.1) is 3.79 Å². The van der Waals surface area contributed by atoms with E-state index < -0.39 is 5.60 Å². The van der Waals surface area contributed by atoms with Gasteiger partial charge in [-0.15, -0.1) is 11.3 Å². The molecule has 4 nitrogen and oxygen atoms in total. The zero-order valence-electron chi connectivity index (χ0n) is 13.7. The quantitative estimate of drug-likeness (QED) is 0.834. The van der Waals surface area contributed by atoms with Crippen LogP contribution in [0.1, 0.15) is 46.1 Å². The summed E-state index contributed by atoms with van der Waals surface area (Å²) in [7, 11) is 0. The molecule has 6 heteroatoms. The maximum atomic E-state index is 12.3. The summed E-state index contributed by atoms with van der Waals surface area (Å²) in [4.78, 5) is 14.2. The molecule has 2 unspecified atom stereocenters. The first-order valence-corrected chi connectivity index (χ1v) is 9.39. The van der Waals surface area contributed by atoms with Crippen LogP contribution in [0.15, 0.2) is 15.2 Å². The number of carbonyl (C=O) groups is 1. The molecular weight excluding hydrogens is 364 g/mol. The molecule has 1 aliphatic heterocycles. The Kier molecular flexibility index (Phi) is 5.91. The number of nitrogens with zero attached hydrogens (tertiary/aromatic N) is 1. The fourth-order valence-corrected chi connectivity index (χ4v) is 3.89. The first kappa shape index (κ1) is 17.8. The molecule has 1 aromatic heterocycles. The van der Waals surface area contributed by atoms with E-state index in [0.29, 0.717) is 6.04 Å². The summed E-state index contributed by atoms with van der Waals surface area (Å²) in [5, 5.41) is 5.73. The van der Waals surface area contributed by atoms with Gasteiger partial charge in [-0.2, -0.15) is 0 Å². The molecule has 1 aliphatic rings. The van der Waals surface area contributed by atoms with Gasteiger partial charge in [0.25, 0.3) is 0 Å². The molecule has 22 heavy (non-hydrogen) atoms. The lowest BCUT2D eigenvalue weighted by Crippen LogP contribution is -2.55. The van der Waals surface area contributed by atoms with Gasteiger partial charge in [0, 0.05) is 25.2 Å². The van der Waals surface area contributed by atoms with Crippen LogP contribution >= 0.6 is 27.3 Å². The van der Waals surface area contributed by atoms with Gasteiger partial charge in [-0.05, 0) is 73.5 Å². The molecule has 2 rings (SSSR count). The lowest BCUT2D eigenvalue weighted by molar-refractivity contribution is 0.00699. The third-order valence-corrected chi connectivity index (χ3v) is 5.36. The predicted octanol–water partition coefficient (Wildman–Crippen LogP) is 4.39. The summed E-state index contributed by atoms with van der Waals surface area (Å²) in [5.41, 5.74) is 0.832. The highest BCUT2D eigenvalue weighted by Crippen LogP contribution is 2.23. The minimum atomic E-state index is -0.444. The van der Waals surface area contributed by atoms with Gasteiger partial charge in [0.2, 0.25) is 0 Å². The topological polar surface area (TPSA) is 41.6 Å². The van der Waals surface area contributed by atoms with Crippen molar-refractivity contribution < 1.29 is 9.53 Å². The van der Waals surface area contributed by atoms with Gasteiger partial charge >= 0.3 is 6.09 Å². The maximum Gasteiger partial charge on any atom is 0.410 e. The summed E-state index contributed by atoms with van der Waals surface area (Å²) >= 11 is 5.18. The molecule has 0 bridgehead atoms. The fourth-order valence-electron chi connectivity index (χ4n) is 2.68. The van der Waals surface area contributed by atoms with Crippen molar-refractivity contribution in [2.45, 2.75) is 64.8 Å². The summed E-state index contributed by atoms with van der Waals surface area (Å²) < 4.78 is 6.67. The molecule has 0 saturated carbocycles. The highest BCUT2D eigenvalue weighted by Gasteiger charge is 2.33. The number of nitrogens with one attached hydrogen (secondary N) is 1. The first-order valence-electron chi connectivity index (χ1n) is 7.72. The van der Waals surface area contributed by atoms with Gasteiger partial charge in [-0.3, -0.25) is 0 Å². The van der Waals surface area contributed by atoms with Gasteiger partial charge in [0.15, 0.2) is 0 Å². The maximum absolute atomic E-state index is 12.3. The minimum absolute atomic E-state index is 0.144. The standard InChI is InChI=1S/C16H25BrN2O2S/c1-11-13(18-9-12-8-14(17)22-10-12)6-5-7-19(11)15(20)21-16(2,3)4/h8,10-11,13,18H,5-7,9H2,1-4H3. The monoisotopic (exact) mass is 388 g/mol. The zero-order valence-corrected chi connectivity index (χ0v) is 16.1. The molecule has 1 N–H and O–H groups in total. The highest BCUT2D eigenvalue weighted by molar-refractivity contribution is 9.11. The van der Waals surface area contributed by atoms with Crippen molar-refractivity contribution in [3.05, 3.63) is 20.8 Å². The van der Waals surface area contributed by atoms with Crippen LogP contribution in [0.3, 0.4) is 0 Å². The number of amides is 1. The number of thiophene rings is 1. The second-order valence-corrected chi connectivity index (χ2v) is 9.09. The van der Waals surface area contributed by atoms with Crippen LogP contribution in [-0.2, 0) is 11.3 Å². The second-order valence-electron chi connectivity index (χ2n) is 6.80. The van der Waals surface area contributed by atoms with Crippen LogP contribution in [0.25, 0.3) is 0 Å². The SMILES string of the molecule is CC1C(NCc2csc(Br)c2)CCCN1C(=O)OC(C)(C)C. The second kappa shape index (κ2) is 7.32. The van der Waals surface area contributed by atoms with Crippen molar-refractivity contribution in [3.8, 4) is 0 Å². The molecule has 1 fully saturated rings. The van der Waals surface area contributed by atoms with Crippen molar-refractivity contribution in [1.82, 2.24) is 10.2 Å². The Bertz CT molecular complexity index is 512. The molecule has 1 aromatic rings. The molecular formula is C16H25BrN2O2S. The van der Waals surface area contributed by atoms with E-state index in [1.807, 2.05) is 25.7 Å². The number of piperidine rings is 1. The Morgan fingerprint density at radius 3 is 2.86 bits per heavy atom. The molecule has 1 saturated heterocycles. The fraction of sp³-hybridized carbons (Fsp3) is 0.688. The molecule has 2 heterocycles. The van der Waals surface area contributed by atoms with Crippen molar-refractivity contribution >= 4 is 33.4 Å². The summed E-state index contributed by atoms with van der Waals surface area (Å²) in [6.07, 6.45) is 1.89. The highest BCUT2D eigenvalue weighted by atomic mass is 79.9. The van der Waals surface area contributed by atoms with E-state index in [9.17, 15) is 4.79 Å². The van der Waals surface area contributed by atoms with Crippen LogP contribution in [0, 0.1) is 0 Å². The van der Waals surface area contributed by atoms with Crippen molar-refractivity contribution in [2.75, 3.05) is 6.54 Å². The molecule has 0 spiro atoms. The Morgan fingerprint density at radius 1 is 1.55 bits per heavy atom. The van der Waals surface area contributed by atoms with Crippen molar-refractivity contribution in [3.63, 3.8) is 0 Å². The van der Waals surface area contributed by atoms with E-state index >= 15 is 0 Å². The Morgan fingerprint density at radius 2 is 2.27 bits per heavy atom. The van der Waals surface area contributed by atoms with Gasteiger partial charge < -0.3 is 15.0 Å². The van der Waals surface area contributed by atoms with Crippen LogP contribution in [-0.4, -0.2) is 35.2 Å². The summed E-state index contributed by atoms with van der Waals surface area (Å²) in [6.45, 7) is 9.43. The summed E-state index contributed by atoms with van der Waals surface area (Å²) in [5.74, 6) is 0. The van der Waals surface area contributed by atoms with Crippen LogP contribution in [0.2, 0.25) is 0 Å². The van der Waals surface area contributed by atoms with Crippen LogP contribution in [0.4, 0.5) is 4.79 Å². The van der Waals surface area contributed by atoms with E-state index in [1.165, 1.54) is 5.56 Å². The van der Waals surface area contributed by atoms with E-state index in [0.717, 1.165) is 29.7 Å². The van der Waals surface area contributed by atoms with Crippen molar-refractivity contribution in [2.24, 2.45) is 0 Å². The molecule has 0 aliphatic carbocycles. The molecule has 2 atom stereocenters. The number of ether oxygens (including phenoxy) is 1. The van der Waals surface area contributed by atoms with E-state index in [1.54, 1.807) is 11.3 Å². The lowest BCUT2D eigenvalue weighted by atomic mass is 9.97. The van der Waals surface area contributed by atoms with E-state index in [2.05, 4.69) is 39.6 Å². The van der Waals surface area contributed by atoms with E-state index in [-0.39, 0.29) is 12.1 Å². The molecule has 0 aromatic carbocycles. The third-order valence-electron chi connectivity index (χ3n) is 3.81.